The van der Waals surface area contributed by atoms with E-state index < -0.39 is 0 Å². The van der Waals surface area contributed by atoms with Gasteiger partial charge in [0.25, 0.3) is 0 Å². The van der Waals surface area contributed by atoms with Gasteiger partial charge >= 0.3 is 0 Å². The number of nitrogens with one attached hydrogen (secondary N) is 1. The number of benzene rings is 1. The molecule has 110 valence electrons. The van der Waals surface area contributed by atoms with Gasteiger partial charge in [0.1, 0.15) is 5.82 Å². The molecule has 20 heavy (non-hydrogen) atoms. The Morgan fingerprint density at radius 1 is 1.40 bits per heavy atom. The predicted octanol–water partition coefficient (Wildman–Crippen LogP) is 2.22. The summed E-state index contributed by atoms with van der Waals surface area (Å²) in [5.74, 6) is 0.550. The van der Waals surface area contributed by atoms with E-state index in [1.54, 1.807) is 12.1 Å². The van der Waals surface area contributed by atoms with Gasteiger partial charge in [-0.05, 0) is 49.4 Å². The van der Waals surface area contributed by atoms with Gasteiger partial charge in [0, 0.05) is 13.1 Å². The van der Waals surface area contributed by atoms with Crippen LogP contribution in [0.1, 0.15) is 25.3 Å². The predicted molar refractivity (Wildman–Crippen MR) is 78.0 cm³/mol. The van der Waals surface area contributed by atoms with Gasteiger partial charge in [-0.1, -0.05) is 19.1 Å². The molecule has 0 radical (unpaired) electrons. The second kappa shape index (κ2) is 7.39. The Morgan fingerprint density at radius 3 is 2.85 bits per heavy atom. The van der Waals surface area contributed by atoms with E-state index in [0.717, 1.165) is 25.1 Å². The van der Waals surface area contributed by atoms with Crippen LogP contribution in [0.3, 0.4) is 0 Å². The van der Waals surface area contributed by atoms with Gasteiger partial charge in [-0.2, -0.15) is 0 Å². The summed E-state index contributed by atoms with van der Waals surface area (Å²) in [6.45, 7) is 5.38. The summed E-state index contributed by atoms with van der Waals surface area (Å²) in [5.41, 5.74) is 1.04. The summed E-state index contributed by atoms with van der Waals surface area (Å²) in [7, 11) is 0. The van der Waals surface area contributed by atoms with Gasteiger partial charge < -0.3 is 5.32 Å². The molecule has 1 fully saturated rings. The number of piperidine rings is 1. The fourth-order valence-electron chi connectivity index (χ4n) is 2.69. The number of hydrogen-bond donors (Lipinski definition) is 1. The Kier molecular flexibility index (Phi) is 5.53. The molecular formula is C16H23FN2O. The highest BCUT2D eigenvalue weighted by molar-refractivity contribution is 5.78. The van der Waals surface area contributed by atoms with Crippen molar-refractivity contribution in [1.82, 2.24) is 10.2 Å². The molecular weight excluding hydrogens is 255 g/mol. The average molecular weight is 278 g/mol. The van der Waals surface area contributed by atoms with E-state index in [2.05, 4.69) is 17.1 Å². The molecule has 3 nitrogen and oxygen atoms in total. The van der Waals surface area contributed by atoms with E-state index in [1.807, 2.05) is 0 Å². The van der Waals surface area contributed by atoms with Crippen LogP contribution in [0.4, 0.5) is 4.39 Å². The van der Waals surface area contributed by atoms with Crippen molar-refractivity contribution in [1.29, 1.82) is 0 Å². The molecule has 0 spiro atoms. The molecule has 0 saturated carbocycles. The molecule has 1 aromatic carbocycles. The zero-order valence-electron chi connectivity index (χ0n) is 12.1. The van der Waals surface area contributed by atoms with Crippen LogP contribution < -0.4 is 5.32 Å². The van der Waals surface area contributed by atoms with E-state index in [-0.39, 0.29) is 11.7 Å². The summed E-state index contributed by atoms with van der Waals surface area (Å²) in [5, 5.41) is 2.93. The highest BCUT2D eigenvalue weighted by Gasteiger charge is 2.18. The topological polar surface area (TPSA) is 32.3 Å². The maximum absolute atomic E-state index is 12.8. The zero-order valence-corrected chi connectivity index (χ0v) is 12.1. The van der Waals surface area contributed by atoms with Crippen molar-refractivity contribution >= 4 is 5.91 Å². The minimum atomic E-state index is -0.225. The number of hydrogen-bond acceptors (Lipinski definition) is 2. The van der Waals surface area contributed by atoms with Crippen LogP contribution in [0.15, 0.2) is 24.3 Å². The van der Waals surface area contributed by atoms with Crippen molar-refractivity contribution in [2.45, 2.75) is 26.2 Å². The second-order valence-electron chi connectivity index (χ2n) is 5.71. The Labute approximate surface area is 120 Å². The van der Waals surface area contributed by atoms with Crippen molar-refractivity contribution in [2.75, 3.05) is 26.2 Å². The third kappa shape index (κ3) is 4.93. The lowest BCUT2D eigenvalue weighted by Gasteiger charge is -2.30. The van der Waals surface area contributed by atoms with Crippen LogP contribution >= 0.6 is 0 Å². The fourth-order valence-corrected chi connectivity index (χ4v) is 2.69. The van der Waals surface area contributed by atoms with E-state index in [1.165, 1.54) is 25.0 Å². The third-order valence-corrected chi connectivity index (χ3v) is 3.76. The molecule has 1 aliphatic heterocycles. The minimum Gasteiger partial charge on any atom is -0.355 e. The maximum Gasteiger partial charge on any atom is 0.234 e. The summed E-state index contributed by atoms with van der Waals surface area (Å²) >= 11 is 0. The zero-order chi connectivity index (χ0) is 14.4. The summed E-state index contributed by atoms with van der Waals surface area (Å²) in [6.07, 6.45) is 3.19. The van der Waals surface area contributed by atoms with Crippen LogP contribution in [0.2, 0.25) is 0 Å². The molecule has 1 atom stereocenters. The number of carbonyl (C=O) groups excluding carboxylic acids is 1. The number of rotatable bonds is 5. The molecule has 2 rings (SSSR count). The Bertz CT molecular complexity index is 433. The Hall–Kier alpha value is -1.42. The minimum absolute atomic E-state index is 0.0845. The second-order valence-corrected chi connectivity index (χ2v) is 5.71. The Balaban J connectivity index is 1.66. The summed E-state index contributed by atoms with van der Waals surface area (Å²) in [4.78, 5) is 14.1. The molecule has 0 aliphatic carbocycles. The van der Waals surface area contributed by atoms with Gasteiger partial charge in [-0.25, -0.2) is 4.39 Å². The lowest BCUT2D eigenvalue weighted by molar-refractivity contribution is -0.122. The highest BCUT2D eigenvalue weighted by atomic mass is 19.1. The van der Waals surface area contributed by atoms with Crippen molar-refractivity contribution in [3.8, 4) is 0 Å². The van der Waals surface area contributed by atoms with E-state index in [9.17, 15) is 9.18 Å². The molecule has 0 aromatic heterocycles. The smallest absolute Gasteiger partial charge is 0.234 e. The molecule has 1 aliphatic rings. The number of amides is 1. The Morgan fingerprint density at radius 2 is 2.15 bits per heavy atom. The first-order chi connectivity index (χ1) is 9.63. The van der Waals surface area contributed by atoms with Crippen LogP contribution in [0, 0.1) is 11.7 Å². The quantitative estimate of drug-likeness (QED) is 0.895. The fraction of sp³-hybridized carbons (Fsp3) is 0.562. The van der Waals surface area contributed by atoms with Crippen LogP contribution in [-0.2, 0) is 11.2 Å². The lowest BCUT2D eigenvalue weighted by Crippen LogP contribution is -2.42. The van der Waals surface area contributed by atoms with Crippen molar-refractivity contribution in [3.63, 3.8) is 0 Å². The molecule has 1 amide bonds. The third-order valence-electron chi connectivity index (χ3n) is 3.76. The summed E-state index contributed by atoms with van der Waals surface area (Å²) < 4.78 is 12.8. The van der Waals surface area contributed by atoms with Crippen LogP contribution in [0.25, 0.3) is 0 Å². The van der Waals surface area contributed by atoms with Gasteiger partial charge in [0.2, 0.25) is 5.91 Å². The average Bonchev–Trinajstić information content (AvgIpc) is 2.41. The SMILES string of the molecule is CC1CCCN(CC(=O)NCCc2ccc(F)cc2)C1. The van der Waals surface area contributed by atoms with Crippen LogP contribution in [-0.4, -0.2) is 37.0 Å². The van der Waals surface area contributed by atoms with Crippen molar-refractivity contribution < 1.29 is 9.18 Å². The standard InChI is InChI=1S/C16H23FN2O/c1-13-3-2-10-19(11-13)12-16(20)18-9-8-14-4-6-15(17)7-5-14/h4-7,13H,2-3,8-12H2,1H3,(H,18,20). The monoisotopic (exact) mass is 278 g/mol. The molecule has 1 unspecified atom stereocenters. The number of carbonyl (C=O) groups is 1. The first kappa shape index (κ1) is 15.0. The molecule has 4 heteroatoms. The van der Waals surface area contributed by atoms with Crippen LogP contribution in [0.5, 0.6) is 0 Å². The first-order valence-corrected chi connectivity index (χ1v) is 7.37. The lowest BCUT2D eigenvalue weighted by atomic mass is 10.0. The molecule has 1 N–H and O–H groups in total. The van der Waals surface area contributed by atoms with Gasteiger partial charge in [-0.15, -0.1) is 0 Å². The number of nitrogens with zero attached hydrogens (tertiary/aromatic N) is 1. The number of likely N-dealkylation sites (tertiary alicyclic amines) is 1. The van der Waals surface area contributed by atoms with Crippen molar-refractivity contribution in [3.05, 3.63) is 35.6 Å². The molecule has 1 aromatic rings. The highest BCUT2D eigenvalue weighted by Crippen LogP contribution is 2.14. The molecule has 1 saturated heterocycles. The van der Waals surface area contributed by atoms with Gasteiger partial charge in [0.05, 0.1) is 6.54 Å². The largest absolute Gasteiger partial charge is 0.355 e. The van der Waals surface area contributed by atoms with Gasteiger partial charge in [-0.3, -0.25) is 9.69 Å². The normalized spacial score (nSPS) is 19.8. The summed E-state index contributed by atoms with van der Waals surface area (Å²) in [6, 6.07) is 6.42. The van der Waals surface area contributed by atoms with E-state index in [4.69, 9.17) is 0 Å². The molecule has 0 bridgehead atoms. The first-order valence-electron chi connectivity index (χ1n) is 7.37. The maximum atomic E-state index is 12.8. The van der Waals surface area contributed by atoms with Crippen molar-refractivity contribution in [2.24, 2.45) is 5.92 Å². The number of halogens is 1. The van der Waals surface area contributed by atoms with E-state index >= 15 is 0 Å². The van der Waals surface area contributed by atoms with Gasteiger partial charge in [0.15, 0.2) is 0 Å². The van der Waals surface area contributed by atoms with E-state index in [0.29, 0.717) is 19.0 Å². The molecule has 1 heterocycles.